The molecular formula is C13H14FN3O. The van der Waals surface area contributed by atoms with E-state index in [1.54, 1.807) is 12.1 Å². The SMILES string of the molecule is NC1(c2noc(-c3cccc(F)c3)n2)CCCC1. The van der Waals surface area contributed by atoms with E-state index in [2.05, 4.69) is 10.1 Å². The highest BCUT2D eigenvalue weighted by molar-refractivity contribution is 5.52. The highest BCUT2D eigenvalue weighted by Crippen LogP contribution is 2.35. The lowest BCUT2D eigenvalue weighted by atomic mass is 9.99. The van der Waals surface area contributed by atoms with Gasteiger partial charge in [-0.05, 0) is 31.0 Å². The lowest BCUT2D eigenvalue weighted by Gasteiger charge is -2.17. The molecule has 2 N–H and O–H groups in total. The van der Waals surface area contributed by atoms with Gasteiger partial charge < -0.3 is 10.3 Å². The van der Waals surface area contributed by atoms with E-state index in [1.165, 1.54) is 12.1 Å². The lowest BCUT2D eigenvalue weighted by molar-refractivity contribution is 0.372. The zero-order chi connectivity index (χ0) is 12.6. The van der Waals surface area contributed by atoms with Crippen LogP contribution in [0.5, 0.6) is 0 Å². The molecule has 0 unspecified atom stereocenters. The Morgan fingerprint density at radius 1 is 1.28 bits per heavy atom. The Balaban J connectivity index is 1.94. The second-order valence-corrected chi connectivity index (χ2v) is 4.80. The normalized spacial score (nSPS) is 18.1. The van der Waals surface area contributed by atoms with Gasteiger partial charge in [0.2, 0.25) is 0 Å². The molecule has 1 heterocycles. The monoisotopic (exact) mass is 247 g/mol. The molecule has 0 spiro atoms. The van der Waals surface area contributed by atoms with Gasteiger partial charge in [-0.1, -0.05) is 24.1 Å². The van der Waals surface area contributed by atoms with E-state index < -0.39 is 5.54 Å². The largest absolute Gasteiger partial charge is 0.334 e. The zero-order valence-electron chi connectivity index (χ0n) is 9.90. The molecule has 5 heteroatoms. The minimum atomic E-state index is -0.477. The molecular weight excluding hydrogens is 233 g/mol. The molecule has 0 bridgehead atoms. The predicted molar refractivity (Wildman–Crippen MR) is 64.0 cm³/mol. The lowest BCUT2D eigenvalue weighted by Crippen LogP contribution is -2.34. The summed E-state index contributed by atoms with van der Waals surface area (Å²) in [6.45, 7) is 0. The summed E-state index contributed by atoms with van der Waals surface area (Å²) >= 11 is 0. The van der Waals surface area contributed by atoms with Crippen LogP contribution in [-0.2, 0) is 5.54 Å². The van der Waals surface area contributed by atoms with Crippen LogP contribution >= 0.6 is 0 Å². The van der Waals surface area contributed by atoms with E-state index in [9.17, 15) is 4.39 Å². The first-order valence-electron chi connectivity index (χ1n) is 6.06. The number of rotatable bonds is 2. The van der Waals surface area contributed by atoms with Crippen LogP contribution in [0.15, 0.2) is 28.8 Å². The first kappa shape index (κ1) is 11.3. The Labute approximate surface area is 104 Å². The summed E-state index contributed by atoms with van der Waals surface area (Å²) in [7, 11) is 0. The van der Waals surface area contributed by atoms with Crippen molar-refractivity contribution in [2.75, 3.05) is 0 Å². The van der Waals surface area contributed by atoms with E-state index in [1.807, 2.05) is 0 Å². The van der Waals surface area contributed by atoms with Crippen LogP contribution in [0.1, 0.15) is 31.5 Å². The molecule has 0 atom stereocenters. The average molecular weight is 247 g/mol. The first-order chi connectivity index (χ1) is 8.67. The topological polar surface area (TPSA) is 64.9 Å². The summed E-state index contributed by atoms with van der Waals surface area (Å²) in [5.74, 6) is 0.524. The second-order valence-electron chi connectivity index (χ2n) is 4.80. The molecule has 1 aliphatic carbocycles. The maximum atomic E-state index is 13.1. The Morgan fingerprint density at radius 2 is 2.06 bits per heavy atom. The van der Waals surface area contributed by atoms with Crippen molar-refractivity contribution in [2.24, 2.45) is 5.73 Å². The summed E-state index contributed by atoms with van der Waals surface area (Å²) in [6, 6.07) is 6.10. The molecule has 1 aromatic carbocycles. The second kappa shape index (κ2) is 4.17. The molecule has 4 nitrogen and oxygen atoms in total. The number of halogens is 1. The number of aromatic nitrogens is 2. The van der Waals surface area contributed by atoms with Gasteiger partial charge in [0.25, 0.3) is 5.89 Å². The van der Waals surface area contributed by atoms with Gasteiger partial charge >= 0.3 is 0 Å². The fraction of sp³-hybridized carbons (Fsp3) is 0.385. The molecule has 1 saturated carbocycles. The maximum absolute atomic E-state index is 13.1. The van der Waals surface area contributed by atoms with Crippen LogP contribution < -0.4 is 5.73 Å². The summed E-state index contributed by atoms with van der Waals surface area (Å²) in [5.41, 5.74) is 6.34. The van der Waals surface area contributed by atoms with Crippen LogP contribution in [-0.4, -0.2) is 10.1 Å². The first-order valence-corrected chi connectivity index (χ1v) is 6.06. The van der Waals surface area contributed by atoms with Crippen molar-refractivity contribution in [1.29, 1.82) is 0 Å². The summed E-state index contributed by atoms with van der Waals surface area (Å²) in [6.07, 6.45) is 3.91. The van der Waals surface area contributed by atoms with Crippen molar-refractivity contribution >= 4 is 0 Å². The van der Waals surface area contributed by atoms with Crippen molar-refractivity contribution in [3.63, 3.8) is 0 Å². The van der Waals surface area contributed by atoms with E-state index in [-0.39, 0.29) is 5.82 Å². The number of hydrogen-bond donors (Lipinski definition) is 1. The van der Waals surface area contributed by atoms with E-state index in [4.69, 9.17) is 10.3 Å². The van der Waals surface area contributed by atoms with Gasteiger partial charge in [-0.3, -0.25) is 0 Å². The molecule has 1 aromatic heterocycles. The van der Waals surface area contributed by atoms with Crippen molar-refractivity contribution in [2.45, 2.75) is 31.2 Å². The zero-order valence-corrected chi connectivity index (χ0v) is 9.90. The smallest absolute Gasteiger partial charge is 0.258 e. The average Bonchev–Trinajstić information content (AvgIpc) is 2.98. The third-order valence-electron chi connectivity index (χ3n) is 3.44. The van der Waals surface area contributed by atoms with Crippen LogP contribution in [0.2, 0.25) is 0 Å². The van der Waals surface area contributed by atoms with E-state index in [0.717, 1.165) is 25.7 Å². The highest BCUT2D eigenvalue weighted by atomic mass is 19.1. The summed E-state index contributed by atoms with van der Waals surface area (Å²) in [5, 5.41) is 3.94. The minimum Gasteiger partial charge on any atom is -0.334 e. The molecule has 0 saturated heterocycles. The fourth-order valence-electron chi connectivity index (χ4n) is 2.39. The van der Waals surface area contributed by atoms with Gasteiger partial charge in [-0.15, -0.1) is 0 Å². The van der Waals surface area contributed by atoms with E-state index >= 15 is 0 Å². The Kier molecular flexibility index (Phi) is 2.63. The van der Waals surface area contributed by atoms with Crippen LogP contribution in [0.3, 0.4) is 0 Å². The molecule has 1 fully saturated rings. The maximum Gasteiger partial charge on any atom is 0.258 e. The summed E-state index contributed by atoms with van der Waals surface area (Å²) in [4.78, 5) is 4.31. The molecule has 0 amide bonds. The fourth-order valence-corrected chi connectivity index (χ4v) is 2.39. The number of hydrogen-bond acceptors (Lipinski definition) is 4. The quantitative estimate of drug-likeness (QED) is 0.885. The van der Waals surface area contributed by atoms with Gasteiger partial charge in [0.05, 0.1) is 5.54 Å². The molecule has 3 rings (SSSR count). The van der Waals surface area contributed by atoms with Crippen molar-refractivity contribution < 1.29 is 8.91 Å². The standard InChI is InChI=1S/C13H14FN3O/c14-10-5-3-4-9(8-10)11-16-12(17-18-11)13(15)6-1-2-7-13/h3-5,8H,1-2,6-7,15H2. The molecule has 2 aromatic rings. The van der Waals surface area contributed by atoms with Gasteiger partial charge in [0.1, 0.15) is 5.82 Å². The molecule has 1 aliphatic rings. The third kappa shape index (κ3) is 1.90. The van der Waals surface area contributed by atoms with Gasteiger partial charge in [0.15, 0.2) is 5.82 Å². The van der Waals surface area contributed by atoms with Crippen molar-refractivity contribution in [3.05, 3.63) is 35.9 Å². The molecule has 94 valence electrons. The van der Waals surface area contributed by atoms with Crippen LogP contribution in [0.25, 0.3) is 11.5 Å². The Hall–Kier alpha value is -1.75. The van der Waals surface area contributed by atoms with Gasteiger partial charge in [0, 0.05) is 5.56 Å². The predicted octanol–water partition coefficient (Wildman–Crippen LogP) is 2.60. The van der Waals surface area contributed by atoms with Gasteiger partial charge in [-0.25, -0.2) is 4.39 Å². The Morgan fingerprint density at radius 3 is 2.78 bits per heavy atom. The third-order valence-corrected chi connectivity index (χ3v) is 3.44. The molecule has 0 aliphatic heterocycles. The number of nitrogens with two attached hydrogens (primary N) is 1. The number of benzene rings is 1. The highest BCUT2D eigenvalue weighted by Gasteiger charge is 2.36. The summed E-state index contributed by atoms with van der Waals surface area (Å²) < 4.78 is 18.3. The number of nitrogens with zero attached hydrogens (tertiary/aromatic N) is 2. The Bertz CT molecular complexity index is 561. The minimum absolute atomic E-state index is 0.321. The van der Waals surface area contributed by atoms with Gasteiger partial charge in [-0.2, -0.15) is 4.98 Å². The van der Waals surface area contributed by atoms with Crippen LogP contribution in [0, 0.1) is 5.82 Å². The van der Waals surface area contributed by atoms with Crippen LogP contribution in [0.4, 0.5) is 4.39 Å². The van der Waals surface area contributed by atoms with Crippen molar-refractivity contribution in [3.8, 4) is 11.5 Å². The molecule has 18 heavy (non-hydrogen) atoms. The molecule has 0 radical (unpaired) electrons. The van der Waals surface area contributed by atoms with E-state index in [0.29, 0.717) is 17.3 Å². The van der Waals surface area contributed by atoms with Crippen molar-refractivity contribution in [1.82, 2.24) is 10.1 Å².